The van der Waals surface area contributed by atoms with Crippen molar-refractivity contribution in [3.8, 4) is 0 Å². The van der Waals surface area contributed by atoms with Crippen LogP contribution in [0.4, 0.5) is 21.8 Å². The molecule has 0 spiro atoms. The van der Waals surface area contributed by atoms with Gasteiger partial charge in [-0.25, -0.2) is 4.39 Å². The van der Waals surface area contributed by atoms with Gasteiger partial charge in [-0.2, -0.15) is 10.1 Å². The van der Waals surface area contributed by atoms with E-state index in [9.17, 15) is 4.39 Å². The number of benzene rings is 3. The van der Waals surface area contributed by atoms with E-state index in [1.807, 2.05) is 48.5 Å². The van der Waals surface area contributed by atoms with Gasteiger partial charge in [0, 0.05) is 18.8 Å². The molecular formula is C23H20FN5. The third kappa shape index (κ3) is 4.93. The number of rotatable bonds is 7. The number of hydrogen-bond acceptors (Lipinski definition) is 5. The average molecular weight is 385 g/mol. The van der Waals surface area contributed by atoms with Crippen LogP contribution in [0, 0.1) is 5.82 Å². The highest BCUT2D eigenvalue weighted by atomic mass is 19.1. The van der Waals surface area contributed by atoms with Gasteiger partial charge in [-0.05, 0) is 35.4 Å². The van der Waals surface area contributed by atoms with Gasteiger partial charge in [0.25, 0.3) is 0 Å². The van der Waals surface area contributed by atoms with Crippen molar-refractivity contribution in [2.45, 2.75) is 13.1 Å². The highest BCUT2D eigenvalue weighted by Gasteiger charge is 2.13. The Morgan fingerprint density at radius 1 is 0.793 bits per heavy atom. The van der Waals surface area contributed by atoms with Gasteiger partial charge in [-0.15, -0.1) is 5.10 Å². The van der Waals surface area contributed by atoms with E-state index in [-0.39, 0.29) is 5.82 Å². The molecule has 0 saturated heterocycles. The first kappa shape index (κ1) is 18.6. The molecule has 1 heterocycles. The van der Waals surface area contributed by atoms with Crippen molar-refractivity contribution in [2.24, 2.45) is 0 Å². The van der Waals surface area contributed by atoms with E-state index in [0.717, 1.165) is 16.8 Å². The van der Waals surface area contributed by atoms with Crippen molar-refractivity contribution < 1.29 is 4.39 Å². The Hall–Kier alpha value is -3.80. The molecule has 6 heteroatoms. The fraction of sp³-hybridized carbons (Fsp3) is 0.0870. The van der Waals surface area contributed by atoms with Gasteiger partial charge >= 0.3 is 0 Å². The molecule has 0 atom stereocenters. The Labute approximate surface area is 168 Å². The predicted molar refractivity (Wildman–Crippen MR) is 112 cm³/mol. The summed E-state index contributed by atoms with van der Waals surface area (Å²) in [4.78, 5) is 6.74. The Morgan fingerprint density at radius 3 is 2.21 bits per heavy atom. The molecule has 144 valence electrons. The van der Waals surface area contributed by atoms with E-state index in [1.165, 1.54) is 12.1 Å². The minimum absolute atomic E-state index is 0.256. The maximum Gasteiger partial charge on any atom is 0.244 e. The molecule has 0 unspecified atom stereocenters. The van der Waals surface area contributed by atoms with Crippen molar-refractivity contribution in [1.82, 2.24) is 15.2 Å². The lowest BCUT2D eigenvalue weighted by molar-refractivity contribution is 0.627. The summed E-state index contributed by atoms with van der Waals surface area (Å²) >= 11 is 0. The van der Waals surface area contributed by atoms with Crippen molar-refractivity contribution in [1.29, 1.82) is 0 Å². The molecule has 0 aliphatic carbocycles. The first-order chi connectivity index (χ1) is 14.3. The molecule has 0 aliphatic rings. The van der Waals surface area contributed by atoms with Gasteiger partial charge in [0.2, 0.25) is 5.95 Å². The van der Waals surface area contributed by atoms with Crippen LogP contribution < -0.4 is 10.2 Å². The lowest BCUT2D eigenvalue weighted by Gasteiger charge is -2.24. The van der Waals surface area contributed by atoms with Crippen molar-refractivity contribution in [2.75, 3.05) is 10.2 Å². The quantitative estimate of drug-likeness (QED) is 0.487. The van der Waals surface area contributed by atoms with Crippen LogP contribution in [-0.2, 0) is 13.1 Å². The Morgan fingerprint density at radius 2 is 1.48 bits per heavy atom. The zero-order valence-electron chi connectivity index (χ0n) is 15.7. The summed E-state index contributed by atoms with van der Waals surface area (Å²) in [5, 5.41) is 11.4. The third-order valence-corrected chi connectivity index (χ3v) is 4.44. The number of aromatic nitrogens is 3. The molecule has 3 aromatic carbocycles. The molecule has 0 fully saturated rings. The van der Waals surface area contributed by atoms with Crippen LogP contribution in [0.25, 0.3) is 0 Å². The molecule has 4 rings (SSSR count). The van der Waals surface area contributed by atoms with Crippen LogP contribution in [0.3, 0.4) is 0 Å². The van der Waals surface area contributed by atoms with Crippen LogP contribution in [0.5, 0.6) is 0 Å². The molecule has 0 radical (unpaired) electrons. The first-order valence-electron chi connectivity index (χ1n) is 9.32. The second-order valence-corrected chi connectivity index (χ2v) is 6.53. The predicted octanol–water partition coefficient (Wildman–Crippen LogP) is 4.96. The normalized spacial score (nSPS) is 10.5. The largest absolute Gasteiger partial charge is 0.349 e. The van der Waals surface area contributed by atoms with Gasteiger partial charge in [0.15, 0.2) is 5.82 Å². The van der Waals surface area contributed by atoms with Gasteiger partial charge in [-0.3, -0.25) is 0 Å². The number of para-hydroxylation sites is 1. The fourth-order valence-corrected chi connectivity index (χ4v) is 2.96. The molecular weight excluding hydrogens is 365 g/mol. The Kier molecular flexibility index (Phi) is 5.71. The van der Waals surface area contributed by atoms with E-state index in [0.29, 0.717) is 24.9 Å². The van der Waals surface area contributed by atoms with Crippen LogP contribution >= 0.6 is 0 Å². The lowest BCUT2D eigenvalue weighted by atomic mass is 10.2. The average Bonchev–Trinajstić information content (AvgIpc) is 2.79. The van der Waals surface area contributed by atoms with Crippen LogP contribution in [0.1, 0.15) is 11.1 Å². The Balaban J connectivity index is 1.57. The van der Waals surface area contributed by atoms with Crippen LogP contribution in [0.2, 0.25) is 0 Å². The van der Waals surface area contributed by atoms with E-state index >= 15 is 0 Å². The van der Waals surface area contributed by atoms with Crippen molar-refractivity contribution in [3.63, 3.8) is 0 Å². The molecule has 1 aromatic heterocycles. The number of nitrogens with zero attached hydrogens (tertiary/aromatic N) is 4. The highest BCUT2D eigenvalue weighted by molar-refractivity contribution is 5.60. The smallest absolute Gasteiger partial charge is 0.244 e. The summed E-state index contributed by atoms with van der Waals surface area (Å²) in [5.74, 6) is 0.852. The summed E-state index contributed by atoms with van der Waals surface area (Å²) in [5.41, 5.74) is 3.11. The molecule has 1 N–H and O–H groups in total. The zero-order chi connectivity index (χ0) is 19.9. The number of nitrogens with one attached hydrogen (secondary N) is 1. The summed E-state index contributed by atoms with van der Waals surface area (Å²) in [6.07, 6.45) is 1.65. The minimum Gasteiger partial charge on any atom is -0.349 e. The maximum atomic E-state index is 13.1. The lowest BCUT2D eigenvalue weighted by Crippen LogP contribution is -2.19. The topological polar surface area (TPSA) is 53.9 Å². The number of halogens is 1. The van der Waals surface area contributed by atoms with Gasteiger partial charge in [0.05, 0.1) is 6.20 Å². The summed E-state index contributed by atoms with van der Waals surface area (Å²) < 4.78 is 13.1. The summed E-state index contributed by atoms with van der Waals surface area (Å²) in [6, 6.07) is 26.6. The highest BCUT2D eigenvalue weighted by Crippen LogP contribution is 2.25. The van der Waals surface area contributed by atoms with E-state index in [2.05, 4.69) is 37.5 Å². The third-order valence-electron chi connectivity index (χ3n) is 4.44. The molecule has 0 aliphatic heterocycles. The van der Waals surface area contributed by atoms with Gasteiger partial charge < -0.3 is 10.2 Å². The first-order valence-corrected chi connectivity index (χ1v) is 9.32. The van der Waals surface area contributed by atoms with Gasteiger partial charge in [0.1, 0.15) is 5.82 Å². The standard InChI is InChI=1S/C23H20FN5/c24-20-13-11-18(12-14-20)15-25-23-27-22(16-26-28-23)29(21-9-5-2-6-10-21)17-19-7-3-1-4-8-19/h1-14,16H,15,17H2,(H,25,27,28). The monoisotopic (exact) mass is 385 g/mol. The molecule has 5 nitrogen and oxygen atoms in total. The molecule has 0 amide bonds. The van der Waals surface area contributed by atoms with Crippen molar-refractivity contribution in [3.05, 3.63) is 108 Å². The van der Waals surface area contributed by atoms with Crippen molar-refractivity contribution >= 4 is 17.5 Å². The van der Waals surface area contributed by atoms with Crippen LogP contribution in [-0.4, -0.2) is 15.2 Å². The zero-order valence-corrected chi connectivity index (χ0v) is 15.7. The van der Waals surface area contributed by atoms with Crippen LogP contribution in [0.15, 0.2) is 91.1 Å². The van der Waals surface area contributed by atoms with E-state index in [1.54, 1.807) is 18.3 Å². The minimum atomic E-state index is -0.256. The second kappa shape index (κ2) is 8.93. The van der Waals surface area contributed by atoms with Gasteiger partial charge in [-0.1, -0.05) is 60.7 Å². The summed E-state index contributed by atoms with van der Waals surface area (Å²) in [6.45, 7) is 1.14. The SMILES string of the molecule is Fc1ccc(CNc2nncc(N(Cc3ccccc3)c3ccccc3)n2)cc1. The summed E-state index contributed by atoms with van der Waals surface area (Å²) in [7, 11) is 0. The second-order valence-electron chi connectivity index (χ2n) is 6.53. The van der Waals surface area contributed by atoms with E-state index < -0.39 is 0 Å². The molecule has 0 saturated carbocycles. The number of hydrogen-bond donors (Lipinski definition) is 1. The fourth-order valence-electron chi connectivity index (χ4n) is 2.96. The molecule has 0 bridgehead atoms. The maximum absolute atomic E-state index is 13.1. The number of anilines is 3. The Bertz CT molecular complexity index is 1040. The van der Waals surface area contributed by atoms with E-state index in [4.69, 9.17) is 0 Å². The molecule has 4 aromatic rings. The molecule has 29 heavy (non-hydrogen) atoms.